The molecule has 0 atom stereocenters. The highest BCUT2D eigenvalue weighted by atomic mass is 16.4. The fraction of sp³-hybridized carbons (Fsp3) is 0.167. The molecule has 0 spiro atoms. The van der Waals surface area contributed by atoms with Gasteiger partial charge in [0.1, 0.15) is 0 Å². The second-order valence-electron chi connectivity index (χ2n) is 3.71. The number of nitrogens with zero attached hydrogens (tertiary/aromatic N) is 2. The molecule has 0 radical (unpaired) electrons. The average molecular weight is 216 g/mol. The van der Waals surface area contributed by atoms with E-state index in [1.807, 2.05) is 26.2 Å². The monoisotopic (exact) mass is 216 g/mol. The molecular formula is C12H12N2O2. The van der Waals surface area contributed by atoms with Crippen molar-refractivity contribution in [3.05, 3.63) is 41.6 Å². The third-order valence-electron chi connectivity index (χ3n) is 2.46. The van der Waals surface area contributed by atoms with Crippen molar-refractivity contribution in [2.45, 2.75) is 6.92 Å². The van der Waals surface area contributed by atoms with E-state index < -0.39 is 5.97 Å². The lowest BCUT2D eigenvalue weighted by atomic mass is 10.0. The second kappa shape index (κ2) is 3.81. The summed E-state index contributed by atoms with van der Waals surface area (Å²) in [4.78, 5) is 10.8. The number of carboxylic acids is 1. The van der Waals surface area contributed by atoms with E-state index >= 15 is 0 Å². The third-order valence-corrected chi connectivity index (χ3v) is 2.46. The van der Waals surface area contributed by atoms with E-state index in [9.17, 15) is 4.79 Å². The first-order valence-corrected chi connectivity index (χ1v) is 4.92. The Morgan fingerprint density at radius 2 is 2.12 bits per heavy atom. The van der Waals surface area contributed by atoms with E-state index in [1.165, 1.54) is 0 Å². The zero-order valence-electron chi connectivity index (χ0n) is 9.14. The van der Waals surface area contributed by atoms with Crippen molar-refractivity contribution in [1.29, 1.82) is 0 Å². The van der Waals surface area contributed by atoms with Gasteiger partial charge in [-0.05, 0) is 30.7 Å². The maximum absolute atomic E-state index is 10.8. The Morgan fingerprint density at radius 1 is 1.38 bits per heavy atom. The molecule has 82 valence electrons. The van der Waals surface area contributed by atoms with Crippen LogP contribution in [0.25, 0.3) is 11.3 Å². The van der Waals surface area contributed by atoms with Gasteiger partial charge in [-0.25, -0.2) is 4.79 Å². The molecule has 1 N–H and O–H groups in total. The van der Waals surface area contributed by atoms with Gasteiger partial charge in [0.15, 0.2) is 0 Å². The number of aryl methyl sites for hydroxylation is 2. The molecule has 1 aromatic heterocycles. The van der Waals surface area contributed by atoms with Crippen LogP contribution in [-0.4, -0.2) is 20.9 Å². The van der Waals surface area contributed by atoms with E-state index in [-0.39, 0.29) is 0 Å². The zero-order chi connectivity index (χ0) is 11.7. The standard InChI is InChI=1S/C12H12N2O2/c1-8-7-9(12(15)16)3-4-10(8)11-5-6-14(2)13-11/h3-7H,1-2H3,(H,15,16). The minimum absolute atomic E-state index is 0.303. The molecule has 0 aliphatic rings. The summed E-state index contributed by atoms with van der Waals surface area (Å²) in [6.45, 7) is 1.89. The number of hydrogen-bond donors (Lipinski definition) is 1. The number of carbonyl (C=O) groups is 1. The van der Waals surface area contributed by atoms with Crippen LogP contribution >= 0.6 is 0 Å². The van der Waals surface area contributed by atoms with E-state index in [2.05, 4.69) is 5.10 Å². The fourth-order valence-corrected chi connectivity index (χ4v) is 1.64. The van der Waals surface area contributed by atoms with Crippen LogP contribution in [0.1, 0.15) is 15.9 Å². The Bertz CT molecular complexity index is 544. The molecule has 4 nitrogen and oxygen atoms in total. The van der Waals surface area contributed by atoms with Gasteiger partial charge in [0.05, 0.1) is 11.3 Å². The summed E-state index contributed by atoms with van der Waals surface area (Å²) in [5, 5.41) is 13.1. The predicted molar refractivity (Wildman–Crippen MR) is 60.3 cm³/mol. The van der Waals surface area contributed by atoms with Crippen molar-refractivity contribution in [1.82, 2.24) is 9.78 Å². The molecule has 0 amide bonds. The highest BCUT2D eigenvalue weighted by molar-refractivity contribution is 5.88. The number of aromatic nitrogens is 2. The van der Waals surface area contributed by atoms with Crippen LogP contribution < -0.4 is 0 Å². The van der Waals surface area contributed by atoms with E-state index in [4.69, 9.17) is 5.11 Å². The quantitative estimate of drug-likeness (QED) is 0.836. The van der Waals surface area contributed by atoms with Gasteiger partial charge in [0, 0.05) is 18.8 Å². The van der Waals surface area contributed by atoms with Crippen LogP contribution in [0.15, 0.2) is 30.5 Å². The summed E-state index contributed by atoms with van der Waals surface area (Å²) in [6.07, 6.45) is 1.86. The lowest BCUT2D eigenvalue weighted by Gasteiger charge is -2.03. The largest absolute Gasteiger partial charge is 0.478 e. The summed E-state index contributed by atoms with van der Waals surface area (Å²) < 4.78 is 1.72. The van der Waals surface area contributed by atoms with Crippen molar-refractivity contribution in [3.8, 4) is 11.3 Å². The van der Waals surface area contributed by atoms with Gasteiger partial charge < -0.3 is 5.11 Å². The van der Waals surface area contributed by atoms with Gasteiger partial charge >= 0.3 is 5.97 Å². The molecule has 2 aromatic rings. The topological polar surface area (TPSA) is 55.1 Å². The predicted octanol–water partition coefficient (Wildman–Crippen LogP) is 2.09. The fourth-order valence-electron chi connectivity index (χ4n) is 1.64. The summed E-state index contributed by atoms with van der Waals surface area (Å²) in [5.74, 6) is -0.907. The lowest BCUT2D eigenvalue weighted by Crippen LogP contribution is -1.97. The van der Waals surface area contributed by atoms with Gasteiger partial charge in [-0.2, -0.15) is 5.10 Å². The average Bonchev–Trinajstić information content (AvgIpc) is 2.64. The summed E-state index contributed by atoms with van der Waals surface area (Å²) in [5.41, 5.74) is 3.04. The molecule has 0 saturated heterocycles. The number of hydrogen-bond acceptors (Lipinski definition) is 2. The Balaban J connectivity index is 2.47. The van der Waals surface area contributed by atoms with Crippen molar-refractivity contribution >= 4 is 5.97 Å². The minimum Gasteiger partial charge on any atom is -0.478 e. The summed E-state index contributed by atoms with van der Waals surface area (Å²) in [6, 6.07) is 6.95. The van der Waals surface area contributed by atoms with Crippen LogP contribution in [0.4, 0.5) is 0 Å². The van der Waals surface area contributed by atoms with E-state index in [0.29, 0.717) is 5.56 Å². The van der Waals surface area contributed by atoms with Crippen LogP contribution in [0.3, 0.4) is 0 Å². The van der Waals surface area contributed by atoms with Gasteiger partial charge in [0.25, 0.3) is 0 Å². The van der Waals surface area contributed by atoms with Gasteiger partial charge in [-0.15, -0.1) is 0 Å². The lowest BCUT2D eigenvalue weighted by molar-refractivity contribution is 0.0697. The first-order valence-electron chi connectivity index (χ1n) is 4.92. The molecule has 2 rings (SSSR count). The molecule has 1 heterocycles. The maximum atomic E-state index is 10.8. The number of benzene rings is 1. The Hall–Kier alpha value is -2.10. The number of aromatic carboxylic acids is 1. The van der Waals surface area contributed by atoms with E-state index in [0.717, 1.165) is 16.8 Å². The Morgan fingerprint density at radius 3 is 2.62 bits per heavy atom. The SMILES string of the molecule is Cc1cc(C(=O)O)ccc1-c1ccn(C)n1. The highest BCUT2D eigenvalue weighted by Crippen LogP contribution is 2.22. The summed E-state index contributed by atoms with van der Waals surface area (Å²) in [7, 11) is 1.85. The summed E-state index contributed by atoms with van der Waals surface area (Å²) >= 11 is 0. The third kappa shape index (κ3) is 1.82. The molecule has 0 fully saturated rings. The molecule has 0 saturated carbocycles. The molecular weight excluding hydrogens is 204 g/mol. The molecule has 4 heteroatoms. The molecule has 1 aromatic carbocycles. The maximum Gasteiger partial charge on any atom is 0.335 e. The Kier molecular flexibility index (Phi) is 2.48. The van der Waals surface area contributed by atoms with Crippen LogP contribution in [0, 0.1) is 6.92 Å². The number of carboxylic acid groups (broad SMARTS) is 1. The minimum atomic E-state index is -0.907. The first-order chi connectivity index (χ1) is 7.58. The zero-order valence-corrected chi connectivity index (χ0v) is 9.14. The smallest absolute Gasteiger partial charge is 0.335 e. The molecule has 16 heavy (non-hydrogen) atoms. The molecule has 0 aliphatic carbocycles. The van der Waals surface area contributed by atoms with Gasteiger partial charge in [-0.1, -0.05) is 6.07 Å². The van der Waals surface area contributed by atoms with Crippen molar-refractivity contribution < 1.29 is 9.90 Å². The van der Waals surface area contributed by atoms with Gasteiger partial charge in [-0.3, -0.25) is 4.68 Å². The van der Waals surface area contributed by atoms with Crippen LogP contribution in [-0.2, 0) is 7.05 Å². The van der Waals surface area contributed by atoms with Crippen molar-refractivity contribution in [2.24, 2.45) is 7.05 Å². The van der Waals surface area contributed by atoms with Crippen LogP contribution in [0.5, 0.6) is 0 Å². The second-order valence-corrected chi connectivity index (χ2v) is 3.71. The molecule has 0 bridgehead atoms. The Labute approximate surface area is 93.1 Å². The van der Waals surface area contributed by atoms with Gasteiger partial charge in [0.2, 0.25) is 0 Å². The first kappa shape index (κ1) is 10.4. The number of rotatable bonds is 2. The van der Waals surface area contributed by atoms with E-state index in [1.54, 1.807) is 22.9 Å². The van der Waals surface area contributed by atoms with Crippen LogP contribution in [0.2, 0.25) is 0 Å². The van der Waals surface area contributed by atoms with Crippen molar-refractivity contribution in [3.63, 3.8) is 0 Å². The normalized spacial score (nSPS) is 10.4. The van der Waals surface area contributed by atoms with Crippen molar-refractivity contribution in [2.75, 3.05) is 0 Å². The molecule has 0 unspecified atom stereocenters. The molecule has 0 aliphatic heterocycles. The highest BCUT2D eigenvalue weighted by Gasteiger charge is 2.08.